The van der Waals surface area contributed by atoms with Gasteiger partial charge in [0, 0.05) is 0 Å². The summed E-state index contributed by atoms with van der Waals surface area (Å²) in [4.78, 5) is 0. The highest BCUT2D eigenvalue weighted by Gasteiger charge is 2.16. The molecular weight excluding hydrogens is 148 g/mol. The molecule has 2 rings (SSSR count). The summed E-state index contributed by atoms with van der Waals surface area (Å²) in [6, 6.07) is 0. The molecule has 0 amide bonds. The maximum atomic E-state index is 5.13. The summed E-state index contributed by atoms with van der Waals surface area (Å²) >= 11 is 0. The van der Waals surface area contributed by atoms with Crippen molar-refractivity contribution in [2.75, 3.05) is 6.61 Å². The van der Waals surface area contributed by atoms with Crippen LogP contribution in [0.15, 0.2) is 24.0 Å². The molecule has 0 aromatic carbocycles. The summed E-state index contributed by atoms with van der Waals surface area (Å²) in [6.07, 6.45) is 13.2. The van der Waals surface area contributed by atoms with Crippen LogP contribution in [-0.4, -0.2) is 6.61 Å². The Labute approximate surface area is 74.1 Å². The smallest absolute Gasteiger partial charge is 0.106 e. The molecule has 0 unspecified atom stereocenters. The van der Waals surface area contributed by atoms with E-state index in [-0.39, 0.29) is 0 Å². The highest BCUT2D eigenvalue weighted by Crippen LogP contribution is 2.30. The molecule has 1 heterocycles. The maximum absolute atomic E-state index is 5.13. The zero-order valence-electron chi connectivity index (χ0n) is 7.46. The minimum atomic E-state index is 0.780. The van der Waals surface area contributed by atoms with Gasteiger partial charge < -0.3 is 4.74 Å². The Kier molecular flexibility index (Phi) is 2.50. The lowest BCUT2D eigenvalue weighted by Gasteiger charge is -2.23. The van der Waals surface area contributed by atoms with Gasteiger partial charge in [-0.05, 0) is 36.5 Å². The van der Waals surface area contributed by atoms with Gasteiger partial charge in [-0.3, -0.25) is 0 Å². The predicted molar refractivity (Wildman–Crippen MR) is 49.8 cm³/mol. The van der Waals surface area contributed by atoms with Gasteiger partial charge in [-0.15, -0.1) is 0 Å². The summed E-state index contributed by atoms with van der Waals surface area (Å²) in [5.74, 6) is 0.832. The fourth-order valence-electron chi connectivity index (χ4n) is 2.13. The van der Waals surface area contributed by atoms with Crippen molar-refractivity contribution in [3.63, 3.8) is 0 Å². The van der Waals surface area contributed by atoms with Crippen LogP contribution in [0.3, 0.4) is 0 Å². The van der Waals surface area contributed by atoms with Crippen LogP contribution in [0, 0.1) is 5.92 Å². The van der Waals surface area contributed by atoms with Crippen molar-refractivity contribution in [3.8, 4) is 0 Å². The molecule has 2 aliphatic rings. The zero-order chi connectivity index (χ0) is 8.23. The second kappa shape index (κ2) is 3.79. The number of allylic oxidation sites excluding steroid dienone is 2. The molecule has 12 heavy (non-hydrogen) atoms. The topological polar surface area (TPSA) is 9.23 Å². The molecule has 66 valence electrons. The number of ether oxygens (including phenoxy) is 1. The Bertz CT molecular complexity index is 197. The molecule has 0 radical (unpaired) electrons. The lowest BCUT2D eigenvalue weighted by atomic mass is 9.83. The average molecular weight is 164 g/mol. The monoisotopic (exact) mass is 164 g/mol. The molecule has 0 atom stereocenters. The Balaban J connectivity index is 1.97. The Morgan fingerprint density at radius 3 is 2.67 bits per heavy atom. The highest BCUT2D eigenvalue weighted by molar-refractivity contribution is 5.23. The molecule has 1 fully saturated rings. The minimum absolute atomic E-state index is 0.780. The molecule has 1 aliphatic carbocycles. The molecule has 0 saturated heterocycles. The Morgan fingerprint density at radius 2 is 2.00 bits per heavy atom. The molecule has 1 heteroatoms. The van der Waals surface area contributed by atoms with Gasteiger partial charge in [0.05, 0.1) is 6.26 Å². The van der Waals surface area contributed by atoms with Crippen molar-refractivity contribution < 1.29 is 4.74 Å². The fourth-order valence-corrected chi connectivity index (χ4v) is 2.13. The first-order valence-electron chi connectivity index (χ1n) is 4.95. The highest BCUT2D eigenvalue weighted by atomic mass is 16.5. The van der Waals surface area contributed by atoms with Crippen molar-refractivity contribution in [1.29, 1.82) is 0 Å². The zero-order valence-corrected chi connectivity index (χ0v) is 7.46. The lowest BCUT2D eigenvalue weighted by Crippen LogP contribution is -2.10. The SMILES string of the molecule is C1=CC(C2CCCCC2)=CCO1. The van der Waals surface area contributed by atoms with Crippen LogP contribution >= 0.6 is 0 Å². The van der Waals surface area contributed by atoms with E-state index in [9.17, 15) is 0 Å². The second-order valence-corrected chi connectivity index (χ2v) is 3.68. The molecule has 0 N–H and O–H groups in total. The van der Waals surface area contributed by atoms with E-state index in [4.69, 9.17) is 4.74 Å². The van der Waals surface area contributed by atoms with E-state index in [1.165, 1.54) is 37.7 Å². The van der Waals surface area contributed by atoms with Crippen molar-refractivity contribution in [3.05, 3.63) is 24.0 Å². The lowest BCUT2D eigenvalue weighted by molar-refractivity contribution is 0.279. The van der Waals surface area contributed by atoms with Crippen LogP contribution in [0.25, 0.3) is 0 Å². The van der Waals surface area contributed by atoms with Crippen LogP contribution in [0.2, 0.25) is 0 Å². The van der Waals surface area contributed by atoms with Gasteiger partial charge >= 0.3 is 0 Å². The molecule has 0 aromatic heterocycles. The van der Waals surface area contributed by atoms with Crippen LogP contribution in [0.1, 0.15) is 32.1 Å². The third-order valence-electron chi connectivity index (χ3n) is 2.85. The van der Waals surface area contributed by atoms with Gasteiger partial charge in [0.15, 0.2) is 0 Å². The van der Waals surface area contributed by atoms with Crippen molar-refractivity contribution in [2.24, 2.45) is 5.92 Å². The number of rotatable bonds is 1. The third kappa shape index (κ3) is 1.71. The molecule has 0 bridgehead atoms. The van der Waals surface area contributed by atoms with E-state index >= 15 is 0 Å². The van der Waals surface area contributed by atoms with E-state index in [1.807, 2.05) is 6.26 Å². The van der Waals surface area contributed by atoms with E-state index in [1.54, 1.807) is 0 Å². The van der Waals surface area contributed by atoms with Gasteiger partial charge in [0.25, 0.3) is 0 Å². The Morgan fingerprint density at radius 1 is 1.17 bits per heavy atom. The average Bonchev–Trinajstić information content (AvgIpc) is 2.21. The second-order valence-electron chi connectivity index (χ2n) is 3.68. The predicted octanol–water partition coefficient (Wildman–Crippen LogP) is 3.04. The van der Waals surface area contributed by atoms with Crippen LogP contribution < -0.4 is 0 Å². The van der Waals surface area contributed by atoms with E-state index < -0.39 is 0 Å². The largest absolute Gasteiger partial charge is 0.497 e. The third-order valence-corrected chi connectivity index (χ3v) is 2.85. The van der Waals surface area contributed by atoms with Crippen LogP contribution in [0.5, 0.6) is 0 Å². The van der Waals surface area contributed by atoms with Crippen LogP contribution in [-0.2, 0) is 4.74 Å². The summed E-state index contributed by atoms with van der Waals surface area (Å²) in [6.45, 7) is 0.780. The van der Waals surface area contributed by atoms with E-state index in [0.29, 0.717) is 0 Å². The van der Waals surface area contributed by atoms with Gasteiger partial charge in [-0.25, -0.2) is 0 Å². The van der Waals surface area contributed by atoms with Crippen molar-refractivity contribution >= 4 is 0 Å². The fraction of sp³-hybridized carbons (Fsp3) is 0.636. The maximum Gasteiger partial charge on any atom is 0.106 e. The minimum Gasteiger partial charge on any atom is -0.497 e. The van der Waals surface area contributed by atoms with Crippen LogP contribution in [0.4, 0.5) is 0 Å². The molecule has 0 spiro atoms. The van der Waals surface area contributed by atoms with Crippen molar-refractivity contribution in [2.45, 2.75) is 32.1 Å². The van der Waals surface area contributed by atoms with Crippen molar-refractivity contribution in [1.82, 2.24) is 0 Å². The van der Waals surface area contributed by atoms with Gasteiger partial charge in [0.2, 0.25) is 0 Å². The summed E-state index contributed by atoms with van der Waals surface area (Å²) in [5.41, 5.74) is 1.51. The summed E-state index contributed by atoms with van der Waals surface area (Å²) in [7, 11) is 0. The summed E-state index contributed by atoms with van der Waals surface area (Å²) in [5, 5.41) is 0. The van der Waals surface area contributed by atoms with E-state index in [2.05, 4.69) is 12.2 Å². The summed E-state index contributed by atoms with van der Waals surface area (Å²) < 4.78 is 5.13. The molecule has 1 aliphatic heterocycles. The molecule has 1 saturated carbocycles. The molecular formula is C11H16O. The normalized spacial score (nSPS) is 24.8. The quantitative estimate of drug-likeness (QED) is 0.578. The number of hydrogen-bond acceptors (Lipinski definition) is 1. The first kappa shape index (κ1) is 7.90. The Hall–Kier alpha value is -0.720. The van der Waals surface area contributed by atoms with Gasteiger partial charge in [-0.1, -0.05) is 19.3 Å². The first-order valence-corrected chi connectivity index (χ1v) is 4.95. The van der Waals surface area contributed by atoms with E-state index in [0.717, 1.165) is 12.5 Å². The molecule has 1 nitrogen and oxygen atoms in total. The standard InChI is InChI=1S/C11H16O/c1-2-4-10(5-3-1)11-6-8-12-9-7-11/h6-8,10H,1-5,9H2. The first-order chi connectivity index (χ1) is 5.97. The van der Waals surface area contributed by atoms with Gasteiger partial charge in [0.1, 0.15) is 6.61 Å². The number of hydrogen-bond donors (Lipinski definition) is 0. The molecule has 0 aromatic rings. The van der Waals surface area contributed by atoms with Gasteiger partial charge in [-0.2, -0.15) is 0 Å².